The number of phenolic OH excluding ortho intramolecular Hbond substituents is 1. The molecule has 1 N–H and O–H groups in total. The second kappa shape index (κ2) is 8.14. The smallest absolute Gasteiger partial charge is 0.291 e. The van der Waals surface area contributed by atoms with Crippen LogP contribution in [0.1, 0.15) is 33.3 Å². The first kappa shape index (κ1) is 21.4. The molecule has 0 saturated carbocycles. The number of methoxy groups -OCH3 is 1. The van der Waals surface area contributed by atoms with Gasteiger partial charge in [-0.25, -0.2) is 0 Å². The van der Waals surface area contributed by atoms with Gasteiger partial charge in [0, 0.05) is 16.6 Å². The average molecular weight is 482 g/mol. The maximum absolute atomic E-state index is 13.6. The molecule has 0 saturated heterocycles. The van der Waals surface area contributed by atoms with Crippen molar-refractivity contribution in [3.63, 3.8) is 0 Å². The molecule has 166 valence electrons. The van der Waals surface area contributed by atoms with E-state index in [0.29, 0.717) is 15.6 Å². The Morgan fingerprint density at radius 3 is 2.61 bits per heavy atom. The van der Waals surface area contributed by atoms with E-state index in [0.717, 1.165) is 5.56 Å². The van der Waals surface area contributed by atoms with Gasteiger partial charge < -0.3 is 19.2 Å². The zero-order chi connectivity index (χ0) is 23.3. The lowest BCUT2D eigenvalue weighted by Gasteiger charge is -2.26. The Kier molecular flexibility index (Phi) is 5.27. The van der Waals surface area contributed by atoms with Crippen LogP contribution in [0.4, 0.5) is 0 Å². The van der Waals surface area contributed by atoms with E-state index in [9.17, 15) is 14.7 Å². The molecule has 5 rings (SSSR count). The first-order valence-corrected chi connectivity index (χ1v) is 10.8. The predicted octanol–water partition coefficient (Wildman–Crippen LogP) is 5.56. The fourth-order valence-electron chi connectivity index (χ4n) is 4.18. The number of fused-ring (bicyclic) bond motifs is 2. The summed E-state index contributed by atoms with van der Waals surface area (Å²) in [6, 6.07) is 15.8. The van der Waals surface area contributed by atoms with Crippen LogP contribution in [0.25, 0.3) is 11.0 Å². The third kappa shape index (κ3) is 3.52. The van der Waals surface area contributed by atoms with Crippen molar-refractivity contribution in [2.75, 3.05) is 7.11 Å². The SMILES string of the molecule is COc1cc([C@H]2c3c(oc4ccc(Cl)cc4c3=O)C(=O)N2Cc2ccccc2Cl)ccc1O. The van der Waals surface area contributed by atoms with Crippen LogP contribution in [0.3, 0.4) is 0 Å². The molecule has 6 nitrogen and oxygen atoms in total. The van der Waals surface area contributed by atoms with E-state index in [1.54, 1.807) is 36.4 Å². The third-order valence-electron chi connectivity index (χ3n) is 5.75. The minimum absolute atomic E-state index is 0.0288. The highest BCUT2D eigenvalue weighted by Crippen LogP contribution is 2.42. The highest BCUT2D eigenvalue weighted by Gasteiger charge is 2.43. The third-order valence-corrected chi connectivity index (χ3v) is 6.35. The highest BCUT2D eigenvalue weighted by molar-refractivity contribution is 6.31. The zero-order valence-corrected chi connectivity index (χ0v) is 18.9. The molecule has 0 spiro atoms. The van der Waals surface area contributed by atoms with Crippen LogP contribution in [0, 0.1) is 0 Å². The second-order valence-corrected chi connectivity index (χ2v) is 8.52. The van der Waals surface area contributed by atoms with E-state index < -0.39 is 11.9 Å². The molecule has 1 atom stereocenters. The van der Waals surface area contributed by atoms with Crippen molar-refractivity contribution in [3.05, 3.63) is 103 Å². The van der Waals surface area contributed by atoms with Crippen LogP contribution in [0.2, 0.25) is 10.0 Å². The number of hydrogen-bond acceptors (Lipinski definition) is 5. The second-order valence-electron chi connectivity index (χ2n) is 7.67. The molecule has 0 bridgehead atoms. The Bertz CT molecular complexity index is 1480. The number of carbonyl (C=O) groups is 1. The standard InChI is InChI=1S/C25H17Cl2NO5/c1-32-20-10-13(6-8-18(20)29)22-21-23(30)16-11-15(26)7-9-19(16)33-24(21)25(31)28(22)12-14-4-2-3-5-17(14)27/h2-11,22,29H,12H2,1H3/t22-/m0/s1. The molecular formula is C25H17Cl2NO5. The summed E-state index contributed by atoms with van der Waals surface area (Å²) in [4.78, 5) is 28.6. The first-order chi connectivity index (χ1) is 15.9. The minimum Gasteiger partial charge on any atom is -0.504 e. The van der Waals surface area contributed by atoms with Crippen molar-refractivity contribution in [2.24, 2.45) is 0 Å². The lowest BCUT2D eigenvalue weighted by molar-refractivity contribution is 0.0714. The van der Waals surface area contributed by atoms with Gasteiger partial charge >= 0.3 is 0 Å². The Hall–Kier alpha value is -3.48. The number of nitrogens with zero attached hydrogens (tertiary/aromatic N) is 1. The highest BCUT2D eigenvalue weighted by atomic mass is 35.5. The molecule has 0 radical (unpaired) electrons. The molecule has 0 unspecified atom stereocenters. The van der Waals surface area contributed by atoms with Crippen LogP contribution < -0.4 is 10.2 Å². The van der Waals surface area contributed by atoms with Gasteiger partial charge in [0.2, 0.25) is 5.76 Å². The van der Waals surface area contributed by atoms with Crippen LogP contribution in [-0.4, -0.2) is 23.0 Å². The van der Waals surface area contributed by atoms with Crippen molar-refractivity contribution in [1.82, 2.24) is 4.90 Å². The van der Waals surface area contributed by atoms with Crippen LogP contribution in [0.5, 0.6) is 11.5 Å². The maximum Gasteiger partial charge on any atom is 0.291 e. The fraction of sp³-hybridized carbons (Fsp3) is 0.120. The topological polar surface area (TPSA) is 80.0 Å². The summed E-state index contributed by atoms with van der Waals surface area (Å²) in [7, 11) is 1.43. The Labute approximate surface area is 198 Å². The number of rotatable bonds is 4. The van der Waals surface area contributed by atoms with E-state index in [-0.39, 0.29) is 45.8 Å². The predicted molar refractivity (Wildman–Crippen MR) is 125 cm³/mol. The normalized spacial score (nSPS) is 15.2. The molecule has 1 aromatic heterocycles. The lowest BCUT2D eigenvalue weighted by Crippen LogP contribution is -2.29. The van der Waals surface area contributed by atoms with Crippen molar-refractivity contribution >= 4 is 40.1 Å². The number of hydrogen-bond donors (Lipinski definition) is 1. The number of benzene rings is 3. The number of phenols is 1. The van der Waals surface area contributed by atoms with Gasteiger partial charge in [-0.15, -0.1) is 0 Å². The lowest BCUT2D eigenvalue weighted by atomic mass is 9.97. The molecule has 1 aliphatic rings. The molecule has 0 aliphatic carbocycles. The molecule has 4 aromatic rings. The number of amides is 1. The van der Waals surface area contributed by atoms with Crippen LogP contribution in [-0.2, 0) is 6.54 Å². The van der Waals surface area contributed by atoms with Crippen molar-refractivity contribution in [3.8, 4) is 11.5 Å². The number of aromatic hydroxyl groups is 1. The largest absolute Gasteiger partial charge is 0.504 e. The summed E-state index contributed by atoms with van der Waals surface area (Å²) >= 11 is 12.5. The van der Waals surface area contributed by atoms with Gasteiger partial charge in [-0.2, -0.15) is 0 Å². The van der Waals surface area contributed by atoms with Crippen LogP contribution >= 0.6 is 23.2 Å². The molecule has 0 fully saturated rings. The van der Waals surface area contributed by atoms with Gasteiger partial charge in [0.25, 0.3) is 5.91 Å². The van der Waals surface area contributed by atoms with E-state index in [4.69, 9.17) is 32.4 Å². The monoisotopic (exact) mass is 481 g/mol. The fourth-order valence-corrected chi connectivity index (χ4v) is 4.54. The average Bonchev–Trinajstić information content (AvgIpc) is 3.08. The van der Waals surface area contributed by atoms with Crippen LogP contribution in [0.15, 0.2) is 69.9 Å². The summed E-state index contributed by atoms with van der Waals surface area (Å²) in [5, 5.41) is 11.2. The molecule has 33 heavy (non-hydrogen) atoms. The molecule has 8 heteroatoms. The quantitative estimate of drug-likeness (QED) is 0.412. The maximum atomic E-state index is 13.6. The van der Waals surface area contributed by atoms with Gasteiger partial charge in [0.1, 0.15) is 5.58 Å². The Balaban J connectivity index is 1.76. The van der Waals surface area contributed by atoms with E-state index in [2.05, 4.69) is 0 Å². The summed E-state index contributed by atoms with van der Waals surface area (Å²) < 4.78 is 11.2. The van der Waals surface area contributed by atoms with Crippen molar-refractivity contribution in [2.45, 2.75) is 12.6 Å². The number of carbonyl (C=O) groups excluding carboxylic acids is 1. The Morgan fingerprint density at radius 2 is 1.85 bits per heavy atom. The van der Waals surface area contributed by atoms with Gasteiger partial charge in [-0.3, -0.25) is 9.59 Å². The Morgan fingerprint density at radius 1 is 1.06 bits per heavy atom. The molecule has 3 aromatic carbocycles. The minimum atomic E-state index is -0.780. The molecule has 2 heterocycles. The number of ether oxygens (including phenoxy) is 1. The van der Waals surface area contributed by atoms with Gasteiger partial charge in [0.05, 0.1) is 24.1 Å². The molecule has 1 amide bonds. The summed E-state index contributed by atoms with van der Waals surface area (Å²) in [5.41, 5.74) is 1.43. The van der Waals surface area contributed by atoms with E-state index >= 15 is 0 Å². The summed E-state index contributed by atoms with van der Waals surface area (Å²) in [6.45, 7) is 0.146. The van der Waals surface area contributed by atoms with Gasteiger partial charge in [-0.1, -0.05) is 47.5 Å². The van der Waals surface area contributed by atoms with Crippen molar-refractivity contribution in [1.29, 1.82) is 0 Å². The molecular weight excluding hydrogens is 465 g/mol. The van der Waals surface area contributed by atoms with E-state index in [1.165, 1.54) is 24.1 Å². The summed E-state index contributed by atoms with van der Waals surface area (Å²) in [5.74, 6) is -0.296. The molecule has 1 aliphatic heterocycles. The number of halogens is 2. The zero-order valence-electron chi connectivity index (χ0n) is 17.3. The first-order valence-electron chi connectivity index (χ1n) is 10.1. The van der Waals surface area contributed by atoms with Gasteiger partial charge in [-0.05, 0) is 47.5 Å². The van der Waals surface area contributed by atoms with Crippen molar-refractivity contribution < 1.29 is 19.1 Å². The van der Waals surface area contributed by atoms with E-state index in [1.807, 2.05) is 12.1 Å². The summed E-state index contributed by atoms with van der Waals surface area (Å²) in [6.07, 6.45) is 0. The van der Waals surface area contributed by atoms with Gasteiger partial charge in [0.15, 0.2) is 16.9 Å².